The van der Waals surface area contributed by atoms with E-state index in [0.29, 0.717) is 5.75 Å². The fraction of sp³-hybridized carbons (Fsp3) is 0.300. The molecule has 1 atom stereocenters. The first-order valence-corrected chi connectivity index (χ1v) is 13.7. The second kappa shape index (κ2) is 10.7. The van der Waals surface area contributed by atoms with Crippen molar-refractivity contribution < 1.29 is 4.79 Å². The van der Waals surface area contributed by atoms with Gasteiger partial charge in [0.05, 0.1) is 5.75 Å². The van der Waals surface area contributed by atoms with Crippen LogP contribution in [0.1, 0.15) is 43.4 Å². The number of aromatic nitrogens is 3. The minimum absolute atomic E-state index is 0.0961. The Kier molecular flexibility index (Phi) is 7.23. The van der Waals surface area contributed by atoms with E-state index in [4.69, 9.17) is 0 Å². The lowest BCUT2D eigenvalue weighted by Crippen LogP contribution is -2.37. The predicted octanol–water partition coefficient (Wildman–Crippen LogP) is 6.66. The Hall–Kier alpha value is -3.38. The summed E-state index contributed by atoms with van der Waals surface area (Å²) < 4.78 is 2.08. The van der Waals surface area contributed by atoms with E-state index in [1.807, 2.05) is 23.1 Å². The van der Waals surface area contributed by atoms with Crippen molar-refractivity contribution in [2.75, 3.05) is 10.7 Å². The highest BCUT2D eigenvalue weighted by atomic mass is 32.2. The molecule has 0 aliphatic carbocycles. The van der Waals surface area contributed by atoms with Gasteiger partial charge in [-0.25, -0.2) is 0 Å². The number of hydrogen-bond donors (Lipinski definition) is 0. The monoisotopic (exact) mass is 496 g/mol. The van der Waals surface area contributed by atoms with E-state index in [-0.39, 0.29) is 11.9 Å². The first-order chi connectivity index (χ1) is 17.5. The molecule has 6 heteroatoms. The number of aryl methyl sites for hydroxylation is 2. The number of carbonyl (C=O) groups is 1. The molecule has 184 valence electrons. The molecule has 5 nitrogen and oxygen atoms in total. The van der Waals surface area contributed by atoms with E-state index in [1.165, 1.54) is 41.3 Å². The lowest BCUT2D eigenvalue weighted by atomic mass is 10.1. The Morgan fingerprint density at radius 3 is 2.50 bits per heavy atom. The van der Waals surface area contributed by atoms with Gasteiger partial charge in [0.2, 0.25) is 5.91 Å². The van der Waals surface area contributed by atoms with Crippen molar-refractivity contribution in [3.63, 3.8) is 0 Å². The third-order valence-corrected chi connectivity index (χ3v) is 7.67. The minimum atomic E-state index is 0.0961. The Balaban J connectivity index is 1.43. The van der Waals surface area contributed by atoms with Crippen molar-refractivity contribution in [2.24, 2.45) is 0 Å². The fourth-order valence-corrected chi connectivity index (χ4v) is 5.63. The standard InChI is InChI=1S/C30H32N4OS/c1-4-5-8-23-13-17-26(18-14-23)34-29(24-15-11-21(2)12-16-24)31-32-30(34)36-20-28(35)33-22(3)19-25-9-6-7-10-27(25)33/h6-7,9-18,22H,4-5,8,19-20H2,1-3H3/t22-/m0/s1. The molecular weight excluding hydrogens is 464 g/mol. The molecule has 0 saturated carbocycles. The first-order valence-electron chi connectivity index (χ1n) is 12.7. The largest absolute Gasteiger partial charge is 0.308 e. The van der Waals surface area contributed by atoms with Crippen LogP contribution in [0.5, 0.6) is 0 Å². The van der Waals surface area contributed by atoms with Crippen LogP contribution >= 0.6 is 11.8 Å². The van der Waals surface area contributed by atoms with Crippen LogP contribution in [0.2, 0.25) is 0 Å². The van der Waals surface area contributed by atoms with Gasteiger partial charge in [0.25, 0.3) is 0 Å². The summed E-state index contributed by atoms with van der Waals surface area (Å²) >= 11 is 1.45. The number of amides is 1. The van der Waals surface area contributed by atoms with Gasteiger partial charge in [0.15, 0.2) is 11.0 Å². The summed E-state index contributed by atoms with van der Waals surface area (Å²) in [6.07, 6.45) is 4.33. The van der Waals surface area contributed by atoms with Crippen molar-refractivity contribution in [1.82, 2.24) is 14.8 Å². The molecule has 1 aliphatic rings. The zero-order chi connectivity index (χ0) is 25.1. The van der Waals surface area contributed by atoms with E-state index in [0.717, 1.165) is 40.8 Å². The van der Waals surface area contributed by atoms with Crippen molar-refractivity contribution in [1.29, 1.82) is 0 Å². The number of benzene rings is 3. The molecule has 4 aromatic rings. The highest BCUT2D eigenvalue weighted by Crippen LogP contribution is 2.34. The van der Waals surface area contributed by atoms with Crippen LogP contribution in [-0.4, -0.2) is 32.5 Å². The normalized spacial score (nSPS) is 14.8. The summed E-state index contributed by atoms with van der Waals surface area (Å²) in [7, 11) is 0. The number of nitrogens with zero attached hydrogens (tertiary/aromatic N) is 4. The maximum absolute atomic E-state index is 13.3. The van der Waals surface area contributed by atoms with Gasteiger partial charge in [-0.15, -0.1) is 10.2 Å². The molecule has 0 fully saturated rings. The van der Waals surface area contributed by atoms with Gasteiger partial charge in [-0.3, -0.25) is 9.36 Å². The van der Waals surface area contributed by atoms with E-state index >= 15 is 0 Å². The lowest BCUT2D eigenvalue weighted by molar-refractivity contribution is -0.116. The zero-order valence-electron chi connectivity index (χ0n) is 21.1. The van der Waals surface area contributed by atoms with Crippen LogP contribution < -0.4 is 4.90 Å². The van der Waals surface area contributed by atoms with E-state index < -0.39 is 0 Å². The topological polar surface area (TPSA) is 51.0 Å². The molecule has 3 aromatic carbocycles. The quantitative estimate of drug-likeness (QED) is 0.256. The number of carbonyl (C=O) groups excluding carboxylic acids is 1. The van der Waals surface area contributed by atoms with Crippen LogP contribution in [0.4, 0.5) is 5.69 Å². The van der Waals surface area contributed by atoms with Crippen LogP contribution in [0.25, 0.3) is 17.1 Å². The van der Waals surface area contributed by atoms with Gasteiger partial charge in [0.1, 0.15) is 0 Å². The second-order valence-electron chi connectivity index (χ2n) is 9.51. The highest BCUT2D eigenvalue weighted by molar-refractivity contribution is 7.99. The number of unbranched alkanes of at least 4 members (excludes halogenated alkanes) is 1. The van der Waals surface area contributed by atoms with E-state index in [1.54, 1.807) is 0 Å². The average Bonchev–Trinajstić information content (AvgIpc) is 3.47. The van der Waals surface area contributed by atoms with Gasteiger partial charge in [-0.1, -0.05) is 85.3 Å². The number of rotatable bonds is 8. The van der Waals surface area contributed by atoms with Crippen molar-refractivity contribution in [2.45, 2.75) is 57.7 Å². The molecule has 0 N–H and O–H groups in total. The van der Waals surface area contributed by atoms with Crippen molar-refractivity contribution >= 4 is 23.4 Å². The number of anilines is 1. The Bertz CT molecular complexity index is 1340. The summed E-state index contributed by atoms with van der Waals surface area (Å²) in [4.78, 5) is 15.3. The molecule has 0 unspecified atom stereocenters. The van der Waals surface area contributed by atoms with Crippen molar-refractivity contribution in [3.8, 4) is 17.1 Å². The average molecular weight is 497 g/mol. The lowest BCUT2D eigenvalue weighted by Gasteiger charge is -2.22. The zero-order valence-corrected chi connectivity index (χ0v) is 22.0. The fourth-order valence-electron chi connectivity index (χ4n) is 4.82. The Labute approximate surface area is 217 Å². The van der Waals surface area contributed by atoms with Crippen molar-refractivity contribution in [3.05, 3.63) is 89.5 Å². The number of fused-ring (bicyclic) bond motifs is 1. The third kappa shape index (κ3) is 4.96. The molecule has 5 rings (SSSR count). The Morgan fingerprint density at radius 1 is 1.00 bits per heavy atom. The predicted molar refractivity (Wildman–Crippen MR) is 148 cm³/mol. The van der Waals surface area contributed by atoms with Crippen LogP contribution in [0, 0.1) is 6.92 Å². The van der Waals surface area contributed by atoms with Crippen LogP contribution in [-0.2, 0) is 17.6 Å². The van der Waals surface area contributed by atoms with E-state index in [9.17, 15) is 4.79 Å². The van der Waals surface area contributed by atoms with Gasteiger partial charge in [0, 0.05) is 23.0 Å². The third-order valence-electron chi connectivity index (χ3n) is 6.76. The minimum Gasteiger partial charge on any atom is -0.308 e. The molecule has 1 aliphatic heterocycles. The summed E-state index contributed by atoms with van der Waals surface area (Å²) in [5, 5.41) is 9.81. The van der Waals surface area contributed by atoms with Gasteiger partial charge in [-0.05, 0) is 62.4 Å². The maximum atomic E-state index is 13.3. The molecule has 36 heavy (non-hydrogen) atoms. The SMILES string of the molecule is CCCCc1ccc(-n2c(SCC(=O)N3c4ccccc4C[C@@H]3C)nnc2-c2ccc(C)cc2)cc1. The van der Waals surface area contributed by atoms with Crippen LogP contribution in [0.3, 0.4) is 0 Å². The second-order valence-corrected chi connectivity index (χ2v) is 10.5. The maximum Gasteiger partial charge on any atom is 0.237 e. The first kappa shape index (κ1) is 24.3. The molecule has 0 saturated heterocycles. The number of hydrogen-bond acceptors (Lipinski definition) is 4. The molecule has 0 radical (unpaired) electrons. The summed E-state index contributed by atoms with van der Waals surface area (Å²) in [5.74, 6) is 1.18. The summed E-state index contributed by atoms with van der Waals surface area (Å²) in [6, 6.07) is 25.3. The number of para-hydroxylation sites is 1. The van der Waals surface area contributed by atoms with Gasteiger partial charge < -0.3 is 4.90 Å². The highest BCUT2D eigenvalue weighted by Gasteiger charge is 2.30. The molecule has 1 aromatic heterocycles. The van der Waals surface area contributed by atoms with E-state index in [2.05, 4.69) is 90.1 Å². The van der Waals surface area contributed by atoms with Crippen LogP contribution in [0.15, 0.2) is 78.0 Å². The molecular formula is C30H32N4OS. The smallest absolute Gasteiger partial charge is 0.237 e. The van der Waals surface area contributed by atoms with Gasteiger partial charge in [-0.2, -0.15) is 0 Å². The van der Waals surface area contributed by atoms with Gasteiger partial charge >= 0.3 is 0 Å². The number of thioether (sulfide) groups is 1. The molecule has 0 bridgehead atoms. The molecule has 2 heterocycles. The Morgan fingerprint density at radius 2 is 1.75 bits per heavy atom. The molecule has 1 amide bonds. The summed E-state index contributed by atoms with van der Waals surface area (Å²) in [5.41, 5.74) is 6.80. The molecule has 0 spiro atoms. The summed E-state index contributed by atoms with van der Waals surface area (Å²) in [6.45, 7) is 6.40.